The van der Waals surface area contributed by atoms with Gasteiger partial charge in [-0.15, -0.1) is 11.8 Å². The van der Waals surface area contributed by atoms with Crippen LogP contribution in [0, 0.1) is 0 Å². The number of morpholine rings is 1. The molecule has 5 heteroatoms. The number of Topliss-reactive ketones (excluding diaryl/α,β-unsaturated/α-hetero) is 2. The lowest BCUT2D eigenvalue weighted by atomic mass is 9.82. The van der Waals surface area contributed by atoms with Gasteiger partial charge in [-0.2, -0.15) is 0 Å². The average Bonchev–Trinajstić information content (AvgIpc) is 2.73. The van der Waals surface area contributed by atoms with E-state index in [1.54, 1.807) is 30.8 Å². The van der Waals surface area contributed by atoms with Gasteiger partial charge in [0.15, 0.2) is 11.6 Å². The van der Waals surface area contributed by atoms with Crippen LogP contribution in [0.4, 0.5) is 0 Å². The summed E-state index contributed by atoms with van der Waals surface area (Å²) < 4.78 is 5.43. The maximum Gasteiger partial charge on any atom is 0.190 e. The van der Waals surface area contributed by atoms with Crippen LogP contribution < -0.4 is 0 Å². The van der Waals surface area contributed by atoms with Crippen molar-refractivity contribution < 1.29 is 14.3 Å². The lowest BCUT2D eigenvalue weighted by molar-refractivity contribution is -0.00436. The fraction of sp³-hybridized carbons (Fsp3) is 0.333. The van der Waals surface area contributed by atoms with Crippen molar-refractivity contribution in [3.8, 4) is 0 Å². The normalized spacial score (nSPS) is 17.5. The molecule has 0 aliphatic carbocycles. The molecular weight excluding hydrogens is 346 g/mol. The predicted molar refractivity (Wildman–Crippen MR) is 104 cm³/mol. The van der Waals surface area contributed by atoms with Gasteiger partial charge in [0.25, 0.3) is 0 Å². The van der Waals surface area contributed by atoms with Crippen molar-refractivity contribution >= 4 is 23.3 Å². The molecule has 0 spiro atoms. The first-order valence-electron chi connectivity index (χ1n) is 8.69. The number of nitrogens with zero attached hydrogens (tertiary/aromatic N) is 1. The summed E-state index contributed by atoms with van der Waals surface area (Å²) in [5.41, 5.74) is -0.136. The molecule has 1 aliphatic heterocycles. The number of ketones is 2. The van der Waals surface area contributed by atoms with Crippen molar-refractivity contribution in [1.82, 2.24) is 4.90 Å². The summed E-state index contributed by atoms with van der Waals surface area (Å²) in [7, 11) is 0. The molecule has 1 saturated heterocycles. The summed E-state index contributed by atoms with van der Waals surface area (Å²) in [5.74, 6) is -0.333. The van der Waals surface area contributed by atoms with E-state index in [1.807, 2.05) is 53.6 Å². The zero-order valence-corrected chi connectivity index (χ0v) is 15.9. The molecule has 2 aromatic carbocycles. The Balaban J connectivity index is 2.01. The van der Waals surface area contributed by atoms with Gasteiger partial charge >= 0.3 is 0 Å². The third kappa shape index (κ3) is 3.61. The Bertz CT molecular complexity index is 770. The van der Waals surface area contributed by atoms with Crippen LogP contribution in [0.25, 0.3) is 0 Å². The number of ether oxygens (including phenoxy) is 1. The molecule has 1 heterocycles. The molecule has 1 fully saturated rings. The van der Waals surface area contributed by atoms with Gasteiger partial charge in [-0.1, -0.05) is 42.5 Å². The van der Waals surface area contributed by atoms with Gasteiger partial charge in [0.2, 0.25) is 0 Å². The minimum atomic E-state index is -1.24. The van der Waals surface area contributed by atoms with Crippen LogP contribution in [0.5, 0.6) is 0 Å². The maximum absolute atomic E-state index is 13.5. The number of thioether (sulfide) groups is 1. The monoisotopic (exact) mass is 369 g/mol. The summed E-state index contributed by atoms with van der Waals surface area (Å²) in [6.45, 7) is 3.92. The van der Waals surface area contributed by atoms with Crippen LogP contribution in [0.1, 0.15) is 27.6 Å². The van der Waals surface area contributed by atoms with Crippen LogP contribution in [-0.2, 0) is 4.74 Å². The number of rotatable bonds is 6. The van der Waals surface area contributed by atoms with E-state index in [-0.39, 0.29) is 11.6 Å². The lowest BCUT2D eigenvalue weighted by Gasteiger charge is -2.41. The summed E-state index contributed by atoms with van der Waals surface area (Å²) in [4.78, 5) is 29.9. The second-order valence-electron chi connectivity index (χ2n) is 6.42. The second kappa shape index (κ2) is 8.16. The molecular formula is C21H23NO3S. The molecule has 0 aromatic heterocycles. The van der Waals surface area contributed by atoms with Crippen LogP contribution in [-0.4, -0.2) is 54.6 Å². The van der Waals surface area contributed by atoms with Crippen LogP contribution in [0.3, 0.4) is 0 Å². The summed E-state index contributed by atoms with van der Waals surface area (Å²) in [6.07, 6.45) is 1.99. The van der Waals surface area contributed by atoms with Crippen LogP contribution in [0.15, 0.2) is 59.5 Å². The van der Waals surface area contributed by atoms with Crippen LogP contribution in [0.2, 0.25) is 0 Å². The first-order valence-corrected chi connectivity index (χ1v) is 9.91. The summed E-state index contributed by atoms with van der Waals surface area (Å²) >= 11 is 1.62. The van der Waals surface area contributed by atoms with E-state index in [0.717, 1.165) is 4.90 Å². The van der Waals surface area contributed by atoms with Gasteiger partial charge in [-0.05, 0) is 25.3 Å². The van der Waals surface area contributed by atoms with Crippen molar-refractivity contribution in [3.05, 3.63) is 65.7 Å². The molecule has 0 saturated carbocycles. The van der Waals surface area contributed by atoms with Gasteiger partial charge in [0, 0.05) is 29.1 Å². The zero-order valence-electron chi connectivity index (χ0n) is 15.1. The van der Waals surface area contributed by atoms with Gasteiger partial charge in [0.1, 0.15) is 5.54 Å². The molecule has 0 N–H and O–H groups in total. The van der Waals surface area contributed by atoms with E-state index in [2.05, 4.69) is 0 Å². The molecule has 26 heavy (non-hydrogen) atoms. The van der Waals surface area contributed by atoms with E-state index < -0.39 is 5.54 Å². The smallest absolute Gasteiger partial charge is 0.190 e. The standard InChI is InChI=1S/C21H23NO3S/c1-21(22-12-14-25-15-13-22,19(23)16-6-4-3-5-7-16)20(24)17-8-10-18(26-2)11-9-17/h3-11H,12-15H2,1-2H3. The molecule has 2 aromatic rings. The van der Waals surface area contributed by atoms with E-state index >= 15 is 0 Å². The Morgan fingerprint density at radius 1 is 0.923 bits per heavy atom. The third-order valence-corrected chi connectivity index (χ3v) is 5.66. The van der Waals surface area contributed by atoms with Crippen molar-refractivity contribution in [1.29, 1.82) is 0 Å². The van der Waals surface area contributed by atoms with Crippen molar-refractivity contribution in [2.75, 3.05) is 32.6 Å². The van der Waals surface area contributed by atoms with Gasteiger partial charge in [-0.25, -0.2) is 0 Å². The molecule has 4 nitrogen and oxygen atoms in total. The van der Waals surface area contributed by atoms with E-state index in [9.17, 15) is 9.59 Å². The number of benzene rings is 2. The molecule has 136 valence electrons. The number of hydrogen-bond acceptors (Lipinski definition) is 5. The Labute approximate surface area is 158 Å². The average molecular weight is 369 g/mol. The fourth-order valence-corrected chi connectivity index (χ4v) is 3.70. The number of hydrogen-bond donors (Lipinski definition) is 0. The van der Waals surface area contributed by atoms with Crippen LogP contribution >= 0.6 is 11.8 Å². The highest BCUT2D eigenvalue weighted by Crippen LogP contribution is 2.28. The number of carbonyl (C=O) groups is 2. The quantitative estimate of drug-likeness (QED) is 0.443. The first-order chi connectivity index (χ1) is 12.6. The predicted octanol–water partition coefficient (Wildman–Crippen LogP) is 3.57. The van der Waals surface area contributed by atoms with Gasteiger partial charge in [-0.3, -0.25) is 14.5 Å². The Kier molecular flexibility index (Phi) is 5.91. The number of carbonyl (C=O) groups excluding carboxylic acids is 2. The highest BCUT2D eigenvalue weighted by Gasteiger charge is 2.47. The van der Waals surface area contributed by atoms with Crippen molar-refractivity contribution in [2.24, 2.45) is 0 Å². The molecule has 1 aliphatic rings. The highest BCUT2D eigenvalue weighted by molar-refractivity contribution is 7.98. The third-order valence-electron chi connectivity index (χ3n) is 4.92. The molecule has 0 bridgehead atoms. The Hall–Kier alpha value is -1.95. The lowest BCUT2D eigenvalue weighted by Crippen LogP contribution is -2.61. The minimum absolute atomic E-state index is 0.166. The first kappa shape index (κ1) is 18.8. The topological polar surface area (TPSA) is 46.6 Å². The zero-order chi connectivity index (χ0) is 18.6. The van der Waals surface area contributed by atoms with Crippen molar-refractivity contribution in [2.45, 2.75) is 17.4 Å². The van der Waals surface area contributed by atoms with Gasteiger partial charge < -0.3 is 4.74 Å². The van der Waals surface area contributed by atoms with Gasteiger partial charge in [0.05, 0.1) is 13.2 Å². The SMILES string of the molecule is CSc1ccc(C(=O)C(C)(C(=O)c2ccccc2)N2CCOCC2)cc1. The fourth-order valence-electron chi connectivity index (χ4n) is 3.29. The summed E-state index contributed by atoms with van der Waals surface area (Å²) in [6, 6.07) is 16.5. The van der Waals surface area contributed by atoms with E-state index in [1.165, 1.54) is 0 Å². The molecule has 0 radical (unpaired) electrons. The molecule has 3 rings (SSSR count). The van der Waals surface area contributed by atoms with E-state index in [0.29, 0.717) is 37.4 Å². The maximum atomic E-state index is 13.5. The molecule has 0 amide bonds. The van der Waals surface area contributed by atoms with E-state index in [4.69, 9.17) is 4.74 Å². The second-order valence-corrected chi connectivity index (χ2v) is 7.30. The molecule has 1 atom stereocenters. The summed E-state index contributed by atoms with van der Waals surface area (Å²) in [5, 5.41) is 0. The highest BCUT2D eigenvalue weighted by atomic mass is 32.2. The molecule has 1 unspecified atom stereocenters. The Morgan fingerprint density at radius 3 is 2.00 bits per heavy atom. The minimum Gasteiger partial charge on any atom is -0.379 e. The Morgan fingerprint density at radius 2 is 1.46 bits per heavy atom. The van der Waals surface area contributed by atoms with Crippen molar-refractivity contribution in [3.63, 3.8) is 0 Å². The largest absolute Gasteiger partial charge is 0.379 e.